The smallest absolute Gasteiger partial charge is 0.228 e. The van der Waals surface area contributed by atoms with Gasteiger partial charge in [-0.15, -0.1) is 0 Å². The molecule has 0 saturated carbocycles. The standard InChI is InChI=1S/C17H27N3O3/c1-3-16-15(5-4-10-22-16)17(21)20-8-6-19(7-9-20)12-14-11-13(2)23-18-14/h11,15-16H,3-10,12H2,1-2H3/t15-,16-/m1/s1. The molecule has 0 aromatic carbocycles. The van der Waals surface area contributed by atoms with Crippen molar-refractivity contribution in [2.45, 2.75) is 45.8 Å². The van der Waals surface area contributed by atoms with Gasteiger partial charge in [-0.3, -0.25) is 9.69 Å². The molecule has 2 aliphatic rings. The number of hydrogen-bond donors (Lipinski definition) is 0. The molecule has 2 saturated heterocycles. The fourth-order valence-corrected chi connectivity index (χ4v) is 3.61. The minimum absolute atomic E-state index is 0.0542. The van der Waals surface area contributed by atoms with E-state index in [1.54, 1.807) is 0 Å². The lowest BCUT2D eigenvalue weighted by atomic mass is 9.91. The number of carbonyl (C=O) groups is 1. The van der Waals surface area contributed by atoms with Crippen LogP contribution in [0.5, 0.6) is 0 Å². The lowest BCUT2D eigenvalue weighted by Gasteiger charge is -2.38. The Morgan fingerprint density at radius 3 is 2.78 bits per heavy atom. The van der Waals surface area contributed by atoms with Crippen LogP contribution >= 0.6 is 0 Å². The molecule has 0 radical (unpaired) electrons. The van der Waals surface area contributed by atoms with Crippen LogP contribution in [-0.4, -0.2) is 59.8 Å². The molecule has 0 aliphatic carbocycles. The van der Waals surface area contributed by atoms with Crippen molar-refractivity contribution in [3.05, 3.63) is 17.5 Å². The van der Waals surface area contributed by atoms with E-state index < -0.39 is 0 Å². The van der Waals surface area contributed by atoms with Crippen molar-refractivity contribution in [1.82, 2.24) is 15.0 Å². The molecule has 1 amide bonds. The third-order valence-electron chi connectivity index (χ3n) is 4.91. The van der Waals surface area contributed by atoms with Crippen LogP contribution < -0.4 is 0 Å². The molecule has 1 aromatic rings. The van der Waals surface area contributed by atoms with Gasteiger partial charge in [0.15, 0.2) is 0 Å². The van der Waals surface area contributed by atoms with Gasteiger partial charge in [0.1, 0.15) is 5.76 Å². The van der Waals surface area contributed by atoms with Crippen LogP contribution in [0.25, 0.3) is 0 Å². The van der Waals surface area contributed by atoms with Crippen molar-refractivity contribution in [3.63, 3.8) is 0 Å². The van der Waals surface area contributed by atoms with Crippen molar-refractivity contribution in [2.75, 3.05) is 32.8 Å². The highest BCUT2D eigenvalue weighted by atomic mass is 16.5. The SMILES string of the molecule is CC[C@H]1OCCC[C@H]1C(=O)N1CCN(Cc2cc(C)on2)CC1. The Bertz CT molecular complexity index is 523. The first-order chi connectivity index (χ1) is 11.2. The van der Waals surface area contributed by atoms with E-state index in [9.17, 15) is 4.79 Å². The van der Waals surface area contributed by atoms with Crippen LogP contribution in [0.2, 0.25) is 0 Å². The monoisotopic (exact) mass is 321 g/mol. The Kier molecular flexibility index (Phi) is 5.33. The zero-order chi connectivity index (χ0) is 16.2. The number of hydrogen-bond acceptors (Lipinski definition) is 5. The van der Waals surface area contributed by atoms with Crippen molar-refractivity contribution >= 4 is 5.91 Å². The van der Waals surface area contributed by atoms with Gasteiger partial charge in [0.2, 0.25) is 5.91 Å². The van der Waals surface area contributed by atoms with Crippen molar-refractivity contribution in [1.29, 1.82) is 0 Å². The first kappa shape index (κ1) is 16.5. The maximum atomic E-state index is 12.8. The van der Waals surface area contributed by atoms with Crippen LogP contribution in [0, 0.1) is 12.8 Å². The zero-order valence-corrected chi connectivity index (χ0v) is 14.2. The highest BCUT2D eigenvalue weighted by Crippen LogP contribution is 2.25. The molecular formula is C17H27N3O3. The van der Waals surface area contributed by atoms with Crippen LogP contribution in [0.1, 0.15) is 37.6 Å². The molecule has 3 rings (SSSR count). The quantitative estimate of drug-likeness (QED) is 0.847. The molecule has 128 valence electrons. The van der Waals surface area contributed by atoms with E-state index >= 15 is 0 Å². The van der Waals surface area contributed by atoms with E-state index in [1.807, 2.05) is 17.9 Å². The first-order valence-corrected chi connectivity index (χ1v) is 8.72. The van der Waals surface area contributed by atoms with E-state index in [4.69, 9.17) is 9.26 Å². The van der Waals surface area contributed by atoms with Crippen molar-refractivity contribution < 1.29 is 14.1 Å². The molecule has 0 unspecified atom stereocenters. The maximum Gasteiger partial charge on any atom is 0.228 e. The van der Waals surface area contributed by atoms with Gasteiger partial charge in [-0.1, -0.05) is 12.1 Å². The molecule has 6 nitrogen and oxygen atoms in total. The Morgan fingerprint density at radius 1 is 1.35 bits per heavy atom. The molecule has 3 heterocycles. The van der Waals surface area contributed by atoms with E-state index in [0.717, 1.165) is 70.0 Å². The fourth-order valence-electron chi connectivity index (χ4n) is 3.61. The molecule has 0 bridgehead atoms. The lowest BCUT2D eigenvalue weighted by Crippen LogP contribution is -2.52. The highest BCUT2D eigenvalue weighted by molar-refractivity contribution is 5.79. The molecule has 1 aromatic heterocycles. The number of ether oxygens (including phenoxy) is 1. The highest BCUT2D eigenvalue weighted by Gasteiger charge is 2.34. The average molecular weight is 321 g/mol. The summed E-state index contributed by atoms with van der Waals surface area (Å²) in [4.78, 5) is 17.1. The summed E-state index contributed by atoms with van der Waals surface area (Å²) in [6, 6.07) is 1.97. The summed E-state index contributed by atoms with van der Waals surface area (Å²) in [7, 11) is 0. The van der Waals surface area contributed by atoms with Gasteiger partial charge in [-0.2, -0.15) is 0 Å². The van der Waals surface area contributed by atoms with E-state index in [-0.39, 0.29) is 17.9 Å². The summed E-state index contributed by atoms with van der Waals surface area (Å²) in [6.45, 7) is 8.98. The molecule has 2 atom stereocenters. The number of nitrogens with zero attached hydrogens (tertiary/aromatic N) is 3. The number of piperazine rings is 1. The van der Waals surface area contributed by atoms with Crippen molar-refractivity contribution in [3.8, 4) is 0 Å². The summed E-state index contributed by atoms with van der Waals surface area (Å²) in [5.41, 5.74) is 0.967. The third kappa shape index (κ3) is 3.93. The van der Waals surface area contributed by atoms with Gasteiger partial charge in [0.05, 0.1) is 17.7 Å². The van der Waals surface area contributed by atoms with Gasteiger partial charge < -0.3 is 14.2 Å². The van der Waals surface area contributed by atoms with Gasteiger partial charge in [-0.05, 0) is 26.2 Å². The third-order valence-corrected chi connectivity index (χ3v) is 4.91. The van der Waals surface area contributed by atoms with E-state index in [1.165, 1.54) is 0 Å². The number of aryl methyl sites for hydroxylation is 1. The Hall–Kier alpha value is -1.40. The largest absolute Gasteiger partial charge is 0.377 e. The van der Waals surface area contributed by atoms with E-state index in [0.29, 0.717) is 0 Å². The maximum absolute atomic E-state index is 12.8. The predicted octanol–water partition coefficient (Wildman–Crippen LogP) is 1.83. The Morgan fingerprint density at radius 2 is 2.13 bits per heavy atom. The number of rotatable bonds is 4. The molecule has 0 N–H and O–H groups in total. The van der Waals surface area contributed by atoms with Crippen molar-refractivity contribution in [2.24, 2.45) is 5.92 Å². The summed E-state index contributed by atoms with van der Waals surface area (Å²) < 4.78 is 10.9. The minimum Gasteiger partial charge on any atom is -0.377 e. The molecule has 0 spiro atoms. The second kappa shape index (κ2) is 7.45. The van der Waals surface area contributed by atoms with E-state index in [2.05, 4.69) is 17.0 Å². The zero-order valence-electron chi connectivity index (χ0n) is 14.2. The number of amides is 1. The average Bonchev–Trinajstić information content (AvgIpc) is 3.00. The first-order valence-electron chi connectivity index (χ1n) is 8.72. The van der Waals surface area contributed by atoms with Crippen LogP contribution in [-0.2, 0) is 16.1 Å². The summed E-state index contributed by atoms with van der Waals surface area (Å²) in [5, 5.41) is 4.04. The van der Waals surface area contributed by atoms with Crippen LogP contribution in [0.15, 0.2) is 10.6 Å². The Labute approximate surface area is 137 Å². The topological polar surface area (TPSA) is 58.8 Å². The van der Waals surface area contributed by atoms with Crippen LogP contribution in [0.4, 0.5) is 0 Å². The van der Waals surface area contributed by atoms with Gasteiger partial charge in [-0.25, -0.2) is 0 Å². The Balaban J connectivity index is 1.50. The summed E-state index contributed by atoms with van der Waals surface area (Å²) in [6.07, 6.45) is 2.99. The summed E-state index contributed by atoms with van der Waals surface area (Å²) in [5.74, 6) is 1.18. The van der Waals surface area contributed by atoms with Gasteiger partial charge in [0, 0.05) is 45.4 Å². The second-order valence-corrected chi connectivity index (χ2v) is 6.60. The molecular weight excluding hydrogens is 294 g/mol. The van der Waals surface area contributed by atoms with Gasteiger partial charge >= 0.3 is 0 Å². The summed E-state index contributed by atoms with van der Waals surface area (Å²) >= 11 is 0. The molecule has 2 aliphatic heterocycles. The molecule has 6 heteroatoms. The molecule has 2 fully saturated rings. The van der Waals surface area contributed by atoms with Gasteiger partial charge in [0.25, 0.3) is 0 Å². The minimum atomic E-state index is 0.0542. The predicted molar refractivity (Wildman–Crippen MR) is 85.9 cm³/mol. The molecule has 23 heavy (non-hydrogen) atoms. The fraction of sp³-hybridized carbons (Fsp3) is 0.765. The lowest BCUT2D eigenvalue weighted by molar-refractivity contribution is -0.147. The van der Waals surface area contributed by atoms with Crippen LogP contribution in [0.3, 0.4) is 0 Å². The normalized spacial score (nSPS) is 26.4. The number of carbonyl (C=O) groups excluding carboxylic acids is 1. The second-order valence-electron chi connectivity index (χ2n) is 6.60. The number of aromatic nitrogens is 1.